The fraction of sp³-hybridized carbons (Fsp3) is 0.818. The van der Waals surface area contributed by atoms with E-state index in [0.717, 1.165) is 38.3 Å². The molecule has 1 fully saturated rings. The molecule has 5 heteroatoms. The molecule has 1 aromatic heterocycles. The zero-order valence-corrected chi connectivity index (χ0v) is 9.52. The molecular weight excluding hydrogens is 202 g/mol. The van der Waals surface area contributed by atoms with E-state index in [1.54, 1.807) is 0 Å². The first-order valence-electron chi connectivity index (χ1n) is 6.25. The molecule has 1 atom stereocenters. The van der Waals surface area contributed by atoms with E-state index in [-0.39, 0.29) is 6.04 Å². The third-order valence-corrected chi connectivity index (χ3v) is 3.74. The van der Waals surface area contributed by atoms with Gasteiger partial charge in [0.2, 0.25) is 0 Å². The minimum Gasteiger partial charge on any atom is -0.321 e. The van der Waals surface area contributed by atoms with E-state index in [2.05, 4.69) is 20.1 Å². The lowest BCUT2D eigenvalue weighted by Gasteiger charge is -2.25. The monoisotopic (exact) mass is 221 g/mol. The number of nitrogens with two attached hydrogens (primary N) is 1. The normalized spacial score (nSPS) is 26.7. The summed E-state index contributed by atoms with van der Waals surface area (Å²) in [6.45, 7) is 3.24. The molecule has 3 rings (SSSR count). The van der Waals surface area contributed by atoms with Crippen molar-refractivity contribution < 1.29 is 0 Å². The van der Waals surface area contributed by atoms with Gasteiger partial charge in [-0.15, -0.1) is 10.2 Å². The molecule has 1 aromatic rings. The summed E-state index contributed by atoms with van der Waals surface area (Å²) in [5.41, 5.74) is 6.05. The summed E-state index contributed by atoms with van der Waals surface area (Å²) in [6, 6.07) is 0.0942. The Morgan fingerprint density at radius 3 is 2.69 bits per heavy atom. The second-order valence-corrected chi connectivity index (χ2v) is 4.84. The SMILES string of the molecule is NC1CCCn2c1nnc2C1CCNCC1. The van der Waals surface area contributed by atoms with E-state index in [4.69, 9.17) is 5.73 Å². The largest absolute Gasteiger partial charge is 0.321 e. The van der Waals surface area contributed by atoms with E-state index >= 15 is 0 Å². The van der Waals surface area contributed by atoms with Crippen molar-refractivity contribution in [3.8, 4) is 0 Å². The lowest BCUT2D eigenvalue weighted by atomic mass is 9.96. The van der Waals surface area contributed by atoms with Crippen LogP contribution in [-0.2, 0) is 6.54 Å². The standard InChI is InChI=1S/C11H19N5/c12-9-2-1-7-16-10(14-15-11(9)16)8-3-5-13-6-4-8/h8-9,13H,1-7,12H2. The number of nitrogens with zero attached hydrogens (tertiary/aromatic N) is 3. The minimum absolute atomic E-state index is 0.0942. The van der Waals surface area contributed by atoms with Gasteiger partial charge in [-0.3, -0.25) is 0 Å². The maximum absolute atomic E-state index is 6.05. The van der Waals surface area contributed by atoms with Crippen molar-refractivity contribution >= 4 is 0 Å². The summed E-state index contributed by atoms with van der Waals surface area (Å²) in [7, 11) is 0. The second-order valence-electron chi connectivity index (χ2n) is 4.84. The van der Waals surface area contributed by atoms with Crippen molar-refractivity contribution in [3.63, 3.8) is 0 Å². The van der Waals surface area contributed by atoms with E-state index < -0.39 is 0 Å². The highest BCUT2D eigenvalue weighted by Crippen LogP contribution is 2.29. The van der Waals surface area contributed by atoms with Gasteiger partial charge < -0.3 is 15.6 Å². The maximum atomic E-state index is 6.05. The molecule has 88 valence electrons. The van der Waals surface area contributed by atoms with E-state index in [1.807, 2.05) is 0 Å². The van der Waals surface area contributed by atoms with Crippen molar-refractivity contribution in [1.29, 1.82) is 0 Å². The fourth-order valence-electron chi connectivity index (χ4n) is 2.81. The van der Waals surface area contributed by atoms with Gasteiger partial charge in [0.25, 0.3) is 0 Å². The molecule has 2 aliphatic rings. The number of piperidine rings is 1. The third kappa shape index (κ3) is 1.64. The van der Waals surface area contributed by atoms with Gasteiger partial charge in [0.15, 0.2) is 0 Å². The fourth-order valence-corrected chi connectivity index (χ4v) is 2.81. The molecule has 3 N–H and O–H groups in total. The van der Waals surface area contributed by atoms with Crippen LogP contribution in [0.25, 0.3) is 0 Å². The molecule has 0 bridgehead atoms. The Kier molecular flexibility index (Phi) is 2.65. The zero-order chi connectivity index (χ0) is 11.0. The van der Waals surface area contributed by atoms with Gasteiger partial charge in [0, 0.05) is 12.5 Å². The second kappa shape index (κ2) is 4.14. The quantitative estimate of drug-likeness (QED) is 0.726. The number of fused-ring (bicyclic) bond motifs is 1. The van der Waals surface area contributed by atoms with Crippen LogP contribution in [0.1, 0.15) is 49.3 Å². The summed E-state index contributed by atoms with van der Waals surface area (Å²) in [5.74, 6) is 2.75. The van der Waals surface area contributed by atoms with Crippen LogP contribution < -0.4 is 11.1 Å². The van der Waals surface area contributed by atoms with E-state index in [1.165, 1.54) is 18.7 Å². The first-order chi connectivity index (χ1) is 7.86. The minimum atomic E-state index is 0.0942. The lowest BCUT2D eigenvalue weighted by molar-refractivity contribution is 0.399. The third-order valence-electron chi connectivity index (χ3n) is 3.74. The molecule has 16 heavy (non-hydrogen) atoms. The van der Waals surface area contributed by atoms with Gasteiger partial charge in [0.1, 0.15) is 11.6 Å². The Labute approximate surface area is 95.4 Å². The predicted molar refractivity (Wildman–Crippen MR) is 61.0 cm³/mol. The molecule has 0 aromatic carbocycles. The van der Waals surface area contributed by atoms with Crippen LogP contribution in [0.2, 0.25) is 0 Å². The maximum Gasteiger partial charge on any atom is 0.149 e. The van der Waals surface area contributed by atoms with Gasteiger partial charge in [0.05, 0.1) is 6.04 Å². The van der Waals surface area contributed by atoms with Crippen molar-refractivity contribution in [3.05, 3.63) is 11.6 Å². The van der Waals surface area contributed by atoms with E-state index in [0.29, 0.717) is 5.92 Å². The number of hydrogen-bond donors (Lipinski definition) is 2. The predicted octanol–water partition coefficient (Wildman–Crippen LogP) is 0.539. The summed E-state index contributed by atoms with van der Waals surface area (Å²) >= 11 is 0. The summed E-state index contributed by atoms with van der Waals surface area (Å²) in [5, 5.41) is 12.0. The molecule has 5 nitrogen and oxygen atoms in total. The molecule has 0 radical (unpaired) electrons. The highest BCUT2D eigenvalue weighted by Gasteiger charge is 2.27. The topological polar surface area (TPSA) is 68.8 Å². The van der Waals surface area contributed by atoms with Gasteiger partial charge in [-0.05, 0) is 38.8 Å². The van der Waals surface area contributed by atoms with Gasteiger partial charge in [-0.25, -0.2) is 0 Å². The molecule has 0 amide bonds. The van der Waals surface area contributed by atoms with Crippen molar-refractivity contribution in [2.45, 2.75) is 44.2 Å². The van der Waals surface area contributed by atoms with Gasteiger partial charge in [-0.1, -0.05) is 0 Å². The molecule has 3 heterocycles. The zero-order valence-electron chi connectivity index (χ0n) is 9.52. The molecule has 2 aliphatic heterocycles. The highest BCUT2D eigenvalue weighted by molar-refractivity contribution is 5.08. The Morgan fingerprint density at radius 2 is 1.88 bits per heavy atom. The van der Waals surface area contributed by atoms with Crippen LogP contribution in [0.15, 0.2) is 0 Å². The van der Waals surface area contributed by atoms with Crippen LogP contribution >= 0.6 is 0 Å². The van der Waals surface area contributed by atoms with Crippen molar-refractivity contribution in [2.75, 3.05) is 13.1 Å². The van der Waals surface area contributed by atoms with Crippen LogP contribution in [0.3, 0.4) is 0 Å². The lowest BCUT2D eigenvalue weighted by Crippen LogP contribution is -2.29. The Balaban J connectivity index is 1.89. The molecule has 1 saturated heterocycles. The summed E-state index contributed by atoms with van der Waals surface area (Å²) < 4.78 is 2.27. The smallest absolute Gasteiger partial charge is 0.149 e. The molecule has 0 aliphatic carbocycles. The highest BCUT2D eigenvalue weighted by atomic mass is 15.3. The molecule has 1 unspecified atom stereocenters. The molecule has 0 spiro atoms. The number of hydrogen-bond acceptors (Lipinski definition) is 4. The van der Waals surface area contributed by atoms with Crippen LogP contribution in [-0.4, -0.2) is 27.9 Å². The Bertz CT molecular complexity index is 366. The average molecular weight is 221 g/mol. The number of aromatic nitrogens is 3. The Morgan fingerprint density at radius 1 is 1.12 bits per heavy atom. The first-order valence-corrected chi connectivity index (χ1v) is 6.25. The van der Waals surface area contributed by atoms with Crippen LogP contribution in [0, 0.1) is 0 Å². The summed E-state index contributed by atoms with van der Waals surface area (Å²) in [4.78, 5) is 0. The molecular formula is C11H19N5. The summed E-state index contributed by atoms with van der Waals surface area (Å²) in [6.07, 6.45) is 4.55. The van der Waals surface area contributed by atoms with E-state index in [9.17, 15) is 0 Å². The van der Waals surface area contributed by atoms with Crippen LogP contribution in [0.5, 0.6) is 0 Å². The Hall–Kier alpha value is -0.940. The van der Waals surface area contributed by atoms with Gasteiger partial charge >= 0.3 is 0 Å². The van der Waals surface area contributed by atoms with Gasteiger partial charge in [-0.2, -0.15) is 0 Å². The number of rotatable bonds is 1. The van der Waals surface area contributed by atoms with Crippen molar-refractivity contribution in [2.24, 2.45) is 5.73 Å². The number of nitrogens with one attached hydrogen (secondary N) is 1. The van der Waals surface area contributed by atoms with Crippen molar-refractivity contribution in [1.82, 2.24) is 20.1 Å². The first kappa shape index (κ1) is 10.2. The molecule has 0 saturated carbocycles. The van der Waals surface area contributed by atoms with Crippen LogP contribution in [0.4, 0.5) is 0 Å². The average Bonchev–Trinajstić information content (AvgIpc) is 2.75.